The molecule has 2 N–H and O–H groups in total. The monoisotopic (exact) mass is 390 g/mol. The Morgan fingerprint density at radius 2 is 1.81 bits per heavy atom. The van der Waals surface area contributed by atoms with Gasteiger partial charge in [-0.1, -0.05) is 29.8 Å². The molecule has 0 aromatic heterocycles. The standard InChI is InChI=1S/C20H22O6S/c1-13(2)9-10-16-17(26-3)11-14(18(19(16)21)20(22)23)12-27(24,25)15-7-5-4-6-8-15/h4-9,11,21H,10,12H2,1-3H3,(H,22,23). The summed E-state index contributed by atoms with van der Waals surface area (Å²) in [6.45, 7) is 3.75. The predicted molar refractivity (Wildman–Crippen MR) is 102 cm³/mol. The number of aromatic hydroxyl groups is 1. The van der Waals surface area contributed by atoms with Crippen LogP contribution in [-0.4, -0.2) is 31.7 Å². The highest BCUT2D eigenvalue weighted by atomic mass is 32.2. The van der Waals surface area contributed by atoms with Gasteiger partial charge in [0.15, 0.2) is 9.84 Å². The molecule has 0 saturated carbocycles. The lowest BCUT2D eigenvalue weighted by molar-refractivity contribution is 0.0692. The zero-order chi connectivity index (χ0) is 20.2. The van der Waals surface area contributed by atoms with Gasteiger partial charge >= 0.3 is 5.97 Å². The molecule has 0 bridgehead atoms. The molecule has 2 aromatic carbocycles. The Kier molecular flexibility index (Phi) is 6.28. The maximum Gasteiger partial charge on any atom is 0.339 e. The molecule has 27 heavy (non-hydrogen) atoms. The molecule has 0 saturated heterocycles. The number of carbonyl (C=O) groups is 1. The van der Waals surface area contributed by atoms with E-state index in [1.54, 1.807) is 18.2 Å². The van der Waals surface area contributed by atoms with E-state index in [1.165, 1.54) is 25.3 Å². The number of ether oxygens (including phenoxy) is 1. The van der Waals surface area contributed by atoms with Gasteiger partial charge in [0.25, 0.3) is 0 Å². The van der Waals surface area contributed by atoms with Crippen molar-refractivity contribution in [1.29, 1.82) is 0 Å². The molecule has 0 aliphatic carbocycles. The fourth-order valence-corrected chi connectivity index (χ4v) is 4.07. The largest absolute Gasteiger partial charge is 0.507 e. The highest BCUT2D eigenvalue weighted by Crippen LogP contribution is 2.36. The quantitative estimate of drug-likeness (QED) is 0.701. The molecule has 2 rings (SSSR count). The molecular weight excluding hydrogens is 368 g/mol. The van der Waals surface area contributed by atoms with Gasteiger partial charge in [0.1, 0.15) is 17.1 Å². The number of hydrogen-bond donors (Lipinski definition) is 2. The van der Waals surface area contributed by atoms with Crippen LogP contribution in [0.2, 0.25) is 0 Å². The summed E-state index contributed by atoms with van der Waals surface area (Å²) < 4.78 is 30.6. The average Bonchev–Trinajstić information content (AvgIpc) is 2.60. The van der Waals surface area contributed by atoms with E-state index in [-0.39, 0.29) is 22.6 Å². The Morgan fingerprint density at radius 3 is 2.33 bits per heavy atom. The van der Waals surface area contributed by atoms with Crippen molar-refractivity contribution in [1.82, 2.24) is 0 Å². The fourth-order valence-electron chi connectivity index (χ4n) is 2.69. The van der Waals surface area contributed by atoms with Crippen molar-refractivity contribution >= 4 is 15.8 Å². The molecule has 0 radical (unpaired) electrons. The second-order valence-electron chi connectivity index (χ2n) is 6.30. The van der Waals surface area contributed by atoms with E-state index in [0.29, 0.717) is 5.56 Å². The predicted octanol–water partition coefficient (Wildman–Crippen LogP) is 3.58. The molecule has 0 fully saturated rings. The number of sulfone groups is 1. The van der Waals surface area contributed by atoms with Crippen molar-refractivity contribution in [2.75, 3.05) is 7.11 Å². The van der Waals surface area contributed by atoms with E-state index in [4.69, 9.17) is 4.74 Å². The topological polar surface area (TPSA) is 101 Å². The number of carboxylic acid groups (broad SMARTS) is 1. The summed E-state index contributed by atoms with van der Waals surface area (Å²) in [5.74, 6) is -2.19. The van der Waals surface area contributed by atoms with Gasteiger partial charge in [0, 0.05) is 5.56 Å². The molecule has 0 amide bonds. The molecule has 0 aliphatic heterocycles. The Bertz CT molecular complexity index is 971. The maximum atomic E-state index is 12.7. The molecule has 0 atom stereocenters. The van der Waals surface area contributed by atoms with Crippen LogP contribution >= 0.6 is 0 Å². The van der Waals surface area contributed by atoms with Crippen molar-refractivity contribution < 1.29 is 28.2 Å². The molecular formula is C20H22O6S. The van der Waals surface area contributed by atoms with Crippen LogP contribution in [0.5, 0.6) is 11.5 Å². The Labute approximate surface area is 158 Å². The first-order valence-corrected chi connectivity index (χ1v) is 9.88. The highest BCUT2D eigenvalue weighted by molar-refractivity contribution is 7.90. The van der Waals surface area contributed by atoms with Crippen LogP contribution in [0.25, 0.3) is 0 Å². The number of benzene rings is 2. The lowest BCUT2D eigenvalue weighted by atomic mass is 9.99. The number of allylic oxidation sites excluding steroid dienone is 2. The van der Waals surface area contributed by atoms with Crippen LogP contribution in [0.1, 0.15) is 35.3 Å². The van der Waals surface area contributed by atoms with Crippen molar-refractivity contribution in [2.24, 2.45) is 0 Å². The second-order valence-corrected chi connectivity index (χ2v) is 8.29. The molecule has 7 heteroatoms. The van der Waals surface area contributed by atoms with Crippen molar-refractivity contribution in [2.45, 2.75) is 30.9 Å². The Hall–Kier alpha value is -2.80. The van der Waals surface area contributed by atoms with E-state index >= 15 is 0 Å². The van der Waals surface area contributed by atoms with Gasteiger partial charge in [-0.05, 0) is 44.0 Å². The van der Waals surface area contributed by atoms with Crippen molar-refractivity contribution in [3.63, 3.8) is 0 Å². The normalized spacial score (nSPS) is 11.1. The van der Waals surface area contributed by atoms with Crippen LogP contribution in [0.15, 0.2) is 52.9 Å². The lowest BCUT2D eigenvalue weighted by Crippen LogP contribution is -2.12. The Balaban J connectivity index is 2.61. The average molecular weight is 390 g/mol. The SMILES string of the molecule is COc1cc(CS(=O)(=O)c2ccccc2)c(C(=O)O)c(O)c1CC=C(C)C. The fraction of sp³-hybridized carbons (Fsp3) is 0.250. The zero-order valence-corrected chi connectivity index (χ0v) is 16.2. The summed E-state index contributed by atoms with van der Waals surface area (Å²) in [6, 6.07) is 9.12. The third kappa shape index (κ3) is 4.68. The minimum atomic E-state index is -3.79. The first kappa shape index (κ1) is 20.5. The third-order valence-electron chi connectivity index (χ3n) is 4.04. The van der Waals surface area contributed by atoms with Gasteiger partial charge < -0.3 is 14.9 Å². The number of carboxylic acids is 1. The molecule has 0 aliphatic rings. The van der Waals surface area contributed by atoms with Crippen LogP contribution in [-0.2, 0) is 22.0 Å². The Morgan fingerprint density at radius 1 is 1.19 bits per heavy atom. The second kappa shape index (κ2) is 8.26. The molecule has 2 aromatic rings. The van der Waals surface area contributed by atoms with Gasteiger partial charge in [-0.15, -0.1) is 0 Å². The van der Waals surface area contributed by atoms with Gasteiger partial charge in [0.05, 0.1) is 17.8 Å². The smallest absolute Gasteiger partial charge is 0.339 e. The van der Waals surface area contributed by atoms with E-state index in [1.807, 2.05) is 19.9 Å². The van der Waals surface area contributed by atoms with Crippen molar-refractivity contribution in [3.05, 3.63) is 64.7 Å². The van der Waals surface area contributed by atoms with E-state index in [2.05, 4.69) is 0 Å². The minimum absolute atomic E-state index is 0.0262. The molecule has 0 spiro atoms. The van der Waals surface area contributed by atoms with Crippen LogP contribution in [0.4, 0.5) is 0 Å². The van der Waals surface area contributed by atoms with E-state index in [9.17, 15) is 23.4 Å². The number of hydrogen-bond acceptors (Lipinski definition) is 5. The first-order valence-electron chi connectivity index (χ1n) is 8.23. The molecule has 6 nitrogen and oxygen atoms in total. The summed E-state index contributed by atoms with van der Waals surface area (Å²) in [7, 11) is -2.41. The lowest BCUT2D eigenvalue weighted by Gasteiger charge is -2.16. The first-order chi connectivity index (χ1) is 12.7. The van der Waals surface area contributed by atoms with Gasteiger partial charge in [-0.2, -0.15) is 0 Å². The van der Waals surface area contributed by atoms with Gasteiger partial charge in [-0.25, -0.2) is 13.2 Å². The molecule has 0 unspecified atom stereocenters. The molecule has 0 heterocycles. The summed E-state index contributed by atoms with van der Waals surface area (Å²) in [5.41, 5.74) is 0.843. The maximum absolute atomic E-state index is 12.7. The molecule has 144 valence electrons. The summed E-state index contributed by atoms with van der Waals surface area (Å²) in [5, 5.41) is 20.1. The van der Waals surface area contributed by atoms with Crippen LogP contribution in [0, 0.1) is 0 Å². The van der Waals surface area contributed by atoms with Crippen molar-refractivity contribution in [3.8, 4) is 11.5 Å². The summed E-state index contributed by atoms with van der Waals surface area (Å²) in [6.07, 6.45) is 2.09. The van der Waals surface area contributed by atoms with Gasteiger partial charge in [-0.3, -0.25) is 0 Å². The van der Waals surface area contributed by atoms with Gasteiger partial charge in [0.2, 0.25) is 0 Å². The summed E-state index contributed by atoms with van der Waals surface area (Å²) in [4.78, 5) is 11.8. The minimum Gasteiger partial charge on any atom is -0.507 e. The number of aromatic carboxylic acids is 1. The number of phenols is 1. The highest BCUT2D eigenvalue weighted by Gasteiger charge is 2.26. The number of methoxy groups -OCH3 is 1. The van der Waals surface area contributed by atoms with Crippen LogP contribution in [0.3, 0.4) is 0 Å². The van der Waals surface area contributed by atoms with Crippen LogP contribution < -0.4 is 4.74 Å². The third-order valence-corrected chi connectivity index (χ3v) is 5.72. The number of rotatable bonds is 7. The van der Waals surface area contributed by atoms with E-state index < -0.39 is 32.9 Å². The van der Waals surface area contributed by atoms with E-state index in [0.717, 1.165) is 5.57 Å². The summed E-state index contributed by atoms with van der Waals surface area (Å²) >= 11 is 0. The zero-order valence-electron chi connectivity index (χ0n) is 15.4.